The smallest absolute Gasteiger partial charge is 0.253 e. The molecule has 3 N–H and O–H groups in total. The van der Waals surface area contributed by atoms with Crippen LogP contribution >= 0.6 is 0 Å². The van der Waals surface area contributed by atoms with E-state index in [1.807, 2.05) is 19.9 Å². The molecule has 1 aromatic rings. The Kier molecular flexibility index (Phi) is 4.89. The van der Waals surface area contributed by atoms with E-state index in [1.165, 1.54) is 4.90 Å². The van der Waals surface area contributed by atoms with Crippen LogP contribution in [0.15, 0.2) is 18.2 Å². The SMILES string of the molecule is CCC(C)(N)C(=O)Nc1cc(C(=O)N(C)C)ccc1C. The molecule has 0 bridgehead atoms. The van der Waals surface area contributed by atoms with Gasteiger partial charge < -0.3 is 16.0 Å². The number of nitrogens with two attached hydrogens (primary N) is 1. The number of amides is 2. The highest BCUT2D eigenvalue weighted by Crippen LogP contribution is 2.19. The molecule has 1 unspecified atom stereocenters. The maximum Gasteiger partial charge on any atom is 0.253 e. The predicted molar refractivity (Wildman–Crippen MR) is 80.7 cm³/mol. The fourth-order valence-electron chi connectivity index (χ4n) is 1.57. The molecule has 5 heteroatoms. The molecule has 5 nitrogen and oxygen atoms in total. The number of hydrogen-bond acceptors (Lipinski definition) is 3. The summed E-state index contributed by atoms with van der Waals surface area (Å²) in [4.78, 5) is 25.5. The number of hydrogen-bond donors (Lipinski definition) is 2. The molecule has 0 aliphatic rings. The van der Waals surface area contributed by atoms with Crippen LogP contribution in [-0.2, 0) is 4.79 Å². The molecule has 0 spiro atoms. The molecule has 0 aliphatic heterocycles. The van der Waals surface area contributed by atoms with Crippen molar-refractivity contribution in [3.05, 3.63) is 29.3 Å². The van der Waals surface area contributed by atoms with Crippen molar-refractivity contribution < 1.29 is 9.59 Å². The highest BCUT2D eigenvalue weighted by Gasteiger charge is 2.26. The average Bonchev–Trinajstić information content (AvgIpc) is 2.40. The molecule has 0 saturated heterocycles. The van der Waals surface area contributed by atoms with Crippen molar-refractivity contribution in [3.63, 3.8) is 0 Å². The van der Waals surface area contributed by atoms with Crippen molar-refractivity contribution in [1.29, 1.82) is 0 Å². The van der Waals surface area contributed by atoms with Gasteiger partial charge in [-0.3, -0.25) is 9.59 Å². The summed E-state index contributed by atoms with van der Waals surface area (Å²) in [6.07, 6.45) is 0.536. The Morgan fingerprint density at radius 3 is 2.45 bits per heavy atom. The lowest BCUT2D eigenvalue weighted by Crippen LogP contribution is -2.47. The van der Waals surface area contributed by atoms with Gasteiger partial charge >= 0.3 is 0 Å². The van der Waals surface area contributed by atoms with Crippen molar-refractivity contribution in [3.8, 4) is 0 Å². The van der Waals surface area contributed by atoms with Crippen molar-refractivity contribution in [2.45, 2.75) is 32.7 Å². The van der Waals surface area contributed by atoms with E-state index in [0.29, 0.717) is 17.7 Å². The summed E-state index contributed by atoms with van der Waals surface area (Å²) in [7, 11) is 3.38. The number of aryl methyl sites for hydroxylation is 1. The zero-order valence-corrected chi connectivity index (χ0v) is 12.8. The number of carbonyl (C=O) groups is 2. The molecule has 110 valence electrons. The van der Waals surface area contributed by atoms with E-state index in [4.69, 9.17) is 5.73 Å². The number of rotatable bonds is 4. The fraction of sp³-hybridized carbons (Fsp3) is 0.467. The Hall–Kier alpha value is -1.88. The first kappa shape index (κ1) is 16.2. The number of nitrogens with one attached hydrogen (secondary N) is 1. The fourth-order valence-corrected chi connectivity index (χ4v) is 1.57. The van der Waals surface area contributed by atoms with Crippen LogP contribution in [0, 0.1) is 6.92 Å². The van der Waals surface area contributed by atoms with Crippen LogP contribution in [0.5, 0.6) is 0 Å². The second-order valence-electron chi connectivity index (χ2n) is 5.45. The van der Waals surface area contributed by atoms with Gasteiger partial charge in [-0.2, -0.15) is 0 Å². The summed E-state index contributed by atoms with van der Waals surface area (Å²) in [6.45, 7) is 5.42. The first-order valence-electron chi connectivity index (χ1n) is 6.61. The molecule has 0 heterocycles. The van der Waals surface area contributed by atoms with E-state index >= 15 is 0 Å². The van der Waals surface area contributed by atoms with Crippen LogP contribution in [-0.4, -0.2) is 36.3 Å². The monoisotopic (exact) mass is 277 g/mol. The zero-order chi connectivity index (χ0) is 15.5. The highest BCUT2D eigenvalue weighted by molar-refractivity contribution is 6.00. The summed E-state index contributed by atoms with van der Waals surface area (Å²) in [6, 6.07) is 5.24. The predicted octanol–water partition coefficient (Wildman–Crippen LogP) is 1.76. The van der Waals surface area contributed by atoms with E-state index in [-0.39, 0.29) is 11.8 Å². The van der Waals surface area contributed by atoms with Crippen LogP contribution in [0.4, 0.5) is 5.69 Å². The zero-order valence-electron chi connectivity index (χ0n) is 12.8. The van der Waals surface area contributed by atoms with Gasteiger partial charge in [-0.1, -0.05) is 13.0 Å². The van der Waals surface area contributed by atoms with Crippen LogP contribution in [0.3, 0.4) is 0 Å². The van der Waals surface area contributed by atoms with Crippen LogP contribution in [0.1, 0.15) is 36.2 Å². The van der Waals surface area contributed by atoms with Crippen LogP contribution in [0.2, 0.25) is 0 Å². The first-order chi connectivity index (χ1) is 9.19. The molecule has 20 heavy (non-hydrogen) atoms. The van der Waals surface area contributed by atoms with Gasteiger partial charge in [0.1, 0.15) is 0 Å². The second-order valence-corrected chi connectivity index (χ2v) is 5.45. The van der Waals surface area contributed by atoms with Gasteiger partial charge in [-0.25, -0.2) is 0 Å². The number of carbonyl (C=O) groups excluding carboxylic acids is 2. The van der Waals surface area contributed by atoms with Crippen molar-refractivity contribution in [2.24, 2.45) is 5.73 Å². The van der Waals surface area contributed by atoms with Gasteiger partial charge in [0.2, 0.25) is 5.91 Å². The van der Waals surface area contributed by atoms with Crippen LogP contribution in [0.25, 0.3) is 0 Å². The molecular formula is C15H23N3O2. The van der Waals surface area contributed by atoms with Crippen molar-refractivity contribution in [2.75, 3.05) is 19.4 Å². The normalized spacial score (nSPS) is 13.5. The summed E-state index contributed by atoms with van der Waals surface area (Å²) in [5.41, 5.74) is 7.03. The van der Waals surface area contributed by atoms with Crippen molar-refractivity contribution >= 4 is 17.5 Å². The Balaban J connectivity index is 3.04. The summed E-state index contributed by atoms with van der Waals surface area (Å²) < 4.78 is 0. The third-order valence-electron chi connectivity index (χ3n) is 3.39. The minimum Gasteiger partial charge on any atom is -0.345 e. The second kappa shape index (κ2) is 6.05. The van der Waals surface area contributed by atoms with E-state index < -0.39 is 5.54 Å². The molecule has 0 radical (unpaired) electrons. The highest BCUT2D eigenvalue weighted by atomic mass is 16.2. The third-order valence-corrected chi connectivity index (χ3v) is 3.39. The number of benzene rings is 1. The molecule has 0 fully saturated rings. The lowest BCUT2D eigenvalue weighted by molar-refractivity contribution is -0.120. The van der Waals surface area contributed by atoms with E-state index in [2.05, 4.69) is 5.32 Å². The van der Waals surface area contributed by atoms with Gasteiger partial charge in [0.25, 0.3) is 5.91 Å². The lowest BCUT2D eigenvalue weighted by atomic mass is 9.99. The Morgan fingerprint density at radius 1 is 1.35 bits per heavy atom. The summed E-state index contributed by atoms with van der Waals surface area (Å²) in [5, 5.41) is 2.80. The lowest BCUT2D eigenvalue weighted by Gasteiger charge is -2.22. The minimum absolute atomic E-state index is 0.105. The van der Waals surface area contributed by atoms with Crippen LogP contribution < -0.4 is 11.1 Å². The average molecular weight is 277 g/mol. The maximum atomic E-state index is 12.1. The van der Waals surface area contributed by atoms with E-state index in [0.717, 1.165) is 5.56 Å². The first-order valence-corrected chi connectivity index (χ1v) is 6.61. The van der Waals surface area contributed by atoms with Gasteiger partial charge in [0.05, 0.1) is 5.54 Å². The minimum atomic E-state index is -0.923. The standard InChI is InChI=1S/C15H23N3O2/c1-6-15(3,16)14(20)17-12-9-11(8-7-10(12)2)13(19)18(4)5/h7-9H,6,16H2,1-5H3,(H,17,20). The molecule has 2 amide bonds. The topological polar surface area (TPSA) is 75.4 Å². The third kappa shape index (κ3) is 3.57. The quantitative estimate of drug-likeness (QED) is 0.880. The van der Waals surface area contributed by atoms with E-state index in [1.54, 1.807) is 33.2 Å². The van der Waals surface area contributed by atoms with Gasteiger partial charge in [-0.05, 0) is 38.0 Å². The molecule has 1 rings (SSSR count). The maximum absolute atomic E-state index is 12.1. The Labute approximate surface area is 120 Å². The molecule has 0 saturated carbocycles. The molecule has 0 aromatic heterocycles. The number of nitrogens with zero attached hydrogens (tertiary/aromatic N) is 1. The van der Waals surface area contributed by atoms with Gasteiger partial charge in [-0.15, -0.1) is 0 Å². The molecule has 1 aromatic carbocycles. The molecular weight excluding hydrogens is 254 g/mol. The summed E-state index contributed by atoms with van der Waals surface area (Å²) >= 11 is 0. The van der Waals surface area contributed by atoms with E-state index in [9.17, 15) is 9.59 Å². The molecule has 1 atom stereocenters. The number of anilines is 1. The molecule has 0 aliphatic carbocycles. The largest absolute Gasteiger partial charge is 0.345 e. The Morgan fingerprint density at radius 2 is 1.95 bits per heavy atom. The Bertz CT molecular complexity index is 522. The van der Waals surface area contributed by atoms with Crippen molar-refractivity contribution in [1.82, 2.24) is 4.90 Å². The van der Waals surface area contributed by atoms with Gasteiger partial charge in [0.15, 0.2) is 0 Å². The van der Waals surface area contributed by atoms with Gasteiger partial charge in [0, 0.05) is 25.3 Å². The summed E-state index contributed by atoms with van der Waals surface area (Å²) in [5.74, 6) is -0.357.